The number of carboxylic acid groups (broad SMARTS) is 1. The zero-order chi connectivity index (χ0) is 22.1. The third-order valence-electron chi connectivity index (χ3n) is 4.67. The van der Waals surface area contributed by atoms with Crippen molar-refractivity contribution in [2.45, 2.75) is 70.6 Å². The number of primary amides is 1. The fraction of sp³-hybridized carbons (Fsp3) is 0.722. The second-order valence-electron chi connectivity index (χ2n) is 7.51. The standard InChI is InChI=1S/C18H31N5O6/c1-9(2)14(23-16(26)11-5-4-8-20-11)17(27)21-10(3)15(25)22-12(18(28)29)6-7-13(19)24/h9-12,14,20H,4-8H2,1-3H3,(H2,19,24)(H,21,27)(H,22,25)(H,23,26)(H,28,29). The van der Waals surface area contributed by atoms with Gasteiger partial charge in [-0.15, -0.1) is 0 Å². The molecular formula is C18H31N5O6. The van der Waals surface area contributed by atoms with Crippen molar-refractivity contribution >= 4 is 29.6 Å². The number of hydrogen-bond acceptors (Lipinski definition) is 6. The number of nitrogens with two attached hydrogens (primary N) is 1. The minimum Gasteiger partial charge on any atom is -0.480 e. The topological polar surface area (TPSA) is 180 Å². The van der Waals surface area contributed by atoms with Crippen molar-refractivity contribution in [2.75, 3.05) is 6.54 Å². The van der Waals surface area contributed by atoms with E-state index in [-0.39, 0.29) is 30.7 Å². The quantitative estimate of drug-likeness (QED) is 0.231. The summed E-state index contributed by atoms with van der Waals surface area (Å²) in [6, 6.07) is -3.53. The predicted octanol–water partition coefficient (Wildman–Crippen LogP) is -1.78. The summed E-state index contributed by atoms with van der Waals surface area (Å²) in [6.07, 6.45) is 1.22. The molecule has 29 heavy (non-hydrogen) atoms. The Hall–Kier alpha value is -2.69. The fourth-order valence-corrected chi connectivity index (χ4v) is 2.91. The second kappa shape index (κ2) is 11.3. The third kappa shape index (κ3) is 8.06. The summed E-state index contributed by atoms with van der Waals surface area (Å²) in [5, 5.41) is 19.7. The van der Waals surface area contributed by atoms with Gasteiger partial charge < -0.3 is 32.1 Å². The van der Waals surface area contributed by atoms with Crippen LogP contribution in [0.4, 0.5) is 0 Å². The molecule has 7 N–H and O–H groups in total. The van der Waals surface area contributed by atoms with E-state index in [9.17, 15) is 24.0 Å². The van der Waals surface area contributed by atoms with Crippen LogP contribution in [0.3, 0.4) is 0 Å². The number of carbonyl (C=O) groups is 5. The number of hydrogen-bond donors (Lipinski definition) is 6. The maximum atomic E-state index is 12.6. The van der Waals surface area contributed by atoms with Crippen molar-refractivity contribution in [3.05, 3.63) is 0 Å². The molecule has 0 bridgehead atoms. The highest BCUT2D eigenvalue weighted by atomic mass is 16.4. The highest BCUT2D eigenvalue weighted by Gasteiger charge is 2.31. The van der Waals surface area contributed by atoms with Gasteiger partial charge in [-0.1, -0.05) is 13.8 Å². The van der Waals surface area contributed by atoms with Crippen LogP contribution in [-0.4, -0.2) is 65.4 Å². The average Bonchev–Trinajstić information content (AvgIpc) is 3.16. The highest BCUT2D eigenvalue weighted by molar-refractivity contribution is 5.94. The van der Waals surface area contributed by atoms with Crippen LogP contribution in [0.2, 0.25) is 0 Å². The van der Waals surface area contributed by atoms with Gasteiger partial charge in [0.05, 0.1) is 6.04 Å². The zero-order valence-electron chi connectivity index (χ0n) is 17.0. The van der Waals surface area contributed by atoms with Crippen LogP contribution in [0.5, 0.6) is 0 Å². The van der Waals surface area contributed by atoms with Gasteiger partial charge in [-0.25, -0.2) is 4.79 Å². The molecule has 0 saturated carbocycles. The molecule has 0 aromatic heterocycles. The summed E-state index contributed by atoms with van der Waals surface area (Å²) in [5.41, 5.74) is 5.00. The minimum atomic E-state index is -1.31. The van der Waals surface area contributed by atoms with Crippen LogP contribution >= 0.6 is 0 Å². The Bertz CT molecular complexity index is 632. The van der Waals surface area contributed by atoms with E-state index in [0.29, 0.717) is 6.42 Å². The smallest absolute Gasteiger partial charge is 0.326 e. The van der Waals surface area contributed by atoms with E-state index in [1.54, 1.807) is 13.8 Å². The number of carboxylic acids is 1. The Balaban J connectivity index is 2.65. The maximum Gasteiger partial charge on any atom is 0.326 e. The molecule has 4 amide bonds. The molecule has 1 rings (SSSR count). The molecule has 0 spiro atoms. The first-order valence-electron chi connectivity index (χ1n) is 9.68. The minimum absolute atomic E-state index is 0.157. The molecule has 1 fully saturated rings. The van der Waals surface area contributed by atoms with Crippen molar-refractivity contribution in [3.63, 3.8) is 0 Å². The summed E-state index contributed by atoms with van der Waals surface area (Å²) >= 11 is 0. The van der Waals surface area contributed by atoms with Crippen molar-refractivity contribution in [1.82, 2.24) is 21.3 Å². The second-order valence-corrected chi connectivity index (χ2v) is 7.51. The molecular weight excluding hydrogens is 382 g/mol. The van der Waals surface area contributed by atoms with Crippen LogP contribution in [0.1, 0.15) is 46.5 Å². The fourth-order valence-electron chi connectivity index (χ4n) is 2.91. The van der Waals surface area contributed by atoms with Gasteiger partial charge in [0, 0.05) is 6.42 Å². The molecule has 11 heteroatoms. The van der Waals surface area contributed by atoms with E-state index in [2.05, 4.69) is 21.3 Å². The molecule has 164 valence electrons. The molecule has 1 aliphatic rings. The van der Waals surface area contributed by atoms with E-state index >= 15 is 0 Å². The normalized spacial score (nSPS) is 19.1. The first kappa shape index (κ1) is 24.3. The Morgan fingerprint density at radius 3 is 2.21 bits per heavy atom. The number of amides is 4. The van der Waals surface area contributed by atoms with E-state index in [0.717, 1.165) is 13.0 Å². The van der Waals surface area contributed by atoms with Crippen molar-refractivity contribution in [3.8, 4) is 0 Å². The lowest BCUT2D eigenvalue weighted by atomic mass is 10.0. The molecule has 1 heterocycles. The number of rotatable bonds is 11. The van der Waals surface area contributed by atoms with Gasteiger partial charge in [-0.3, -0.25) is 19.2 Å². The molecule has 1 saturated heterocycles. The summed E-state index contributed by atoms with van der Waals surface area (Å²) in [7, 11) is 0. The Labute approximate surface area is 169 Å². The van der Waals surface area contributed by atoms with Gasteiger partial charge in [0.1, 0.15) is 18.1 Å². The molecule has 11 nitrogen and oxygen atoms in total. The van der Waals surface area contributed by atoms with Crippen LogP contribution in [0, 0.1) is 5.92 Å². The molecule has 4 unspecified atom stereocenters. The molecule has 0 aromatic carbocycles. The average molecular weight is 413 g/mol. The van der Waals surface area contributed by atoms with E-state index < -0.39 is 41.8 Å². The van der Waals surface area contributed by atoms with E-state index in [4.69, 9.17) is 10.8 Å². The Morgan fingerprint density at radius 1 is 1.07 bits per heavy atom. The lowest BCUT2D eigenvalue weighted by molar-refractivity contribution is -0.142. The van der Waals surface area contributed by atoms with Gasteiger partial charge in [-0.05, 0) is 38.6 Å². The predicted molar refractivity (Wildman–Crippen MR) is 103 cm³/mol. The molecule has 4 atom stereocenters. The molecule has 0 radical (unpaired) electrons. The van der Waals surface area contributed by atoms with Crippen LogP contribution in [-0.2, 0) is 24.0 Å². The third-order valence-corrected chi connectivity index (χ3v) is 4.67. The number of carbonyl (C=O) groups excluding carboxylic acids is 4. The molecule has 0 aromatic rings. The monoisotopic (exact) mass is 413 g/mol. The summed E-state index contributed by atoms with van der Waals surface area (Å²) < 4.78 is 0. The zero-order valence-corrected chi connectivity index (χ0v) is 17.0. The lowest BCUT2D eigenvalue weighted by Crippen LogP contribution is -2.57. The van der Waals surface area contributed by atoms with E-state index in [1.807, 2.05) is 0 Å². The number of nitrogens with one attached hydrogen (secondary N) is 4. The first-order chi connectivity index (χ1) is 13.5. The van der Waals surface area contributed by atoms with Crippen LogP contribution in [0.15, 0.2) is 0 Å². The first-order valence-corrected chi connectivity index (χ1v) is 9.68. The summed E-state index contributed by atoms with van der Waals surface area (Å²) in [5.74, 6) is -3.75. The van der Waals surface area contributed by atoms with Crippen molar-refractivity contribution in [1.29, 1.82) is 0 Å². The SMILES string of the molecule is CC(NC(=O)C(NC(=O)C1CCCN1)C(C)C)C(=O)NC(CCC(N)=O)C(=O)O. The maximum absolute atomic E-state index is 12.6. The largest absolute Gasteiger partial charge is 0.480 e. The van der Waals surface area contributed by atoms with Gasteiger partial charge in [0.25, 0.3) is 0 Å². The van der Waals surface area contributed by atoms with Gasteiger partial charge in [-0.2, -0.15) is 0 Å². The lowest BCUT2D eigenvalue weighted by Gasteiger charge is -2.25. The van der Waals surface area contributed by atoms with Crippen molar-refractivity contribution < 1.29 is 29.1 Å². The van der Waals surface area contributed by atoms with Crippen LogP contribution in [0.25, 0.3) is 0 Å². The Kier molecular flexibility index (Phi) is 9.53. The van der Waals surface area contributed by atoms with Gasteiger partial charge in [0.2, 0.25) is 23.6 Å². The molecule has 1 aliphatic heterocycles. The summed E-state index contributed by atoms with van der Waals surface area (Å²) in [6.45, 7) is 5.68. The van der Waals surface area contributed by atoms with Gasteiger partial charge in [0.15, 0.2) is 0 Å². The molecule has 0 aliphatic carbocycles. The highest BCUT2D eigenvalue weighted by Crippen LogP contribution is 2.08. The summed E-state index contributed by atoms with van der Waals surface area (Å²) in [4.78, 5) is 59.2. The Morgan fingerprint density at radius 2 is 1.72 bits per heavy atom. The number of aliphatic carboxylic acids is 1. The van der Waals surface area contributed by atoms with Crippen molar-refractivity contribution in [2.24, 2.45) is 11.7 Å². The van der Waals surface area contributed by atoms with Crippen LogP contribution < -0.4 is 27.0 Å². The van der Waals surface area contributed by atoms with Gasteiger partial charge >= 0.3 is 5.97 Å². The van der Waals surface area contributed by atoms with E-state index in [1.165, 1.54) is 6.92 Å².